The van der Waals surface area contributed by atoms with E-state index < -0.39 is 12.0 Å². The lowest BCUT2D eigenvalue weighted by molar-refractivity contribution is -0.137. The Bertz CT molecular complexity index is 346. The van der Waals surface area contributed by atoms with E-state index in [0.29, 0.717) is 25.9 Å². The minimum atomic E-state index is -0.777. The number of nitrogens with one attached hydrogen (secondary N) is 2. The number of hydrogen-bond donors (Lipinski definition) is 4. The van der Waals surface area contributed by atoms with Crippen molar-refractivity contribution in [2.75, 3.05) is 13.1 Å². The van der Waals surface area contributed by atoms with Crippen molar-refractivity contribution in [3.8, 4) is 0 Å². The van der Waals surface area contributed by atoms with Gasteiger partial charge in [-0.2, -0.15) is 0 Å². The number of nitrogens with two attached hydrogens (primary N) is 1. The average molecular weight is 315 g/mol. The van der Waals surface area contributed by atoms with E-state index in [-0.39, 0.29) is 18.2 Å². The van der Waals surface area contributed by atoms with Crippen LogP contribution in [0.5, 0.6) is 0 Å². The quantitative estimate of drug-likeness (QED) is 0.374. The minimum Gasteiger partial charge on any atom is -0.481 e. The molecule has 128 valence electrons. The molecule has 0 aromatic carbocycles. The monoisotopic (exact) mass is 315 g/mol. The number of amides is 2. The third kappa shape index (κ3) is 13.4. The van der Waals surface area contributed by atoms with E-state index in [2.05, 4.69) is 10.6 Å². The van der Waals surface area contributed by atoms with Crippen LogP contribution in [0.4, 0.5) is 0 Å². The van der Waals surface area contributed by atoms with Crippen molar-refractivity contribution in [1.82, 2.24) is 10.6 Å². The molecule has 0 saturated heterocycles. The Morgan fingerprint density at radius 2 is 1.45 bits per heavy atom. The molecule has 0 aromatic rings. The van der Waals surface area contributed by atoms with E-state index in [4.69, 9.17) is 10.8 Å². The summed E-state index contributed by atoms with van der Waals surface area (Å²) in [5, 5.41) is 14.0. The van der Waals surface area contributed by atoms with Crippen LogP contribution in [0.1, 0.15) is 58.3 Å². The van der Waals surface area contributed by atoms with Crippen molar-refractivity contribution in [1.29, 1.82) is 0 Å². The van der Waals surface area contributed by atoms with Gasteiger partial charge in [-0.25, -0.2) is 0 Å². The fraction of sp³-hybridized carbons (Fsp3) is 0.800. The Kier molecular flexibility index (Phi) is 12.1. The number of carbonyl (C=O) groups is 3. The summed E-state index contributed by atoms with van der Waals surface area (Å²) in [5.74, 6) is -0.903. The number of carboxylic acids is 1. The highest BCUT2D eigenvalue weighted by molar-refractivity contribution is 5.80. The molecule has 1 atom stereocenters. The lowest BCUT2D eigenvalue weighted by Crippen LogP contribution is -2.38. The molecule has 0 bridgehead atoms. The van der Waals surface area contributed by atoms with Crippen LogP contribution >= 0.6 is 0 Å². The predicted octanol–water partition coefficient (Wildman–Crippen LogP) is 0.771. The van der Waals surface area contributed by atoms with Crippen molar-refractivity contribution in [2.45, 2.75) is 64.3 Å². The molecular formula is C15H29N3O4. The molecule has 0 spiro atoms. The summed E-state index contributed by atoms with van der Waals surface area (Å²) in [6.07, 6.45) is 5.45. The first-order valence-electron chi connectivity index (χ1n) is 7.95. The van der Waals surface area contributed by atoms with Crippen LogP contribution in [-0.4, -0.2) is 42.0 Å². The zero-order chi connectivity index (χ0) is 16.8. The van der Waals surface area contributed by atoms with Crippen molar-refractivity contribution in [3.63, 3.8) is 0 Å². The van der Waals surface area contributed by atoms with Crippen molar-refractivity contribution in [2.24, 2.45) is 5.73 Å². The molecule has 7 heteroatoms. The zero-order valence-electron chi connectivity index (χ0n) is 13.4. The molecule has 0 aliphatic rings. The van der Waals surface area contributed by atoms with Crippen molar-refractivity contribution in [3.05, 3.63) is 0 Å². The van der Waals surface area contributed by atoms with Crippen LogP contribution in [0.15, 0.2) is 0 Å². The summed E-state index contributed by atoms with van der Waals surface area (Å²) >= 11 is 0. The highest BCUT2D eigenvalue weighted by Crippen LogP contribution is 2.01. The molecular weight excluding hydrogens is 286 g/mol. The molecule has 0 aliphatic heterocycles. The van der Waals surface area contributed by atoms with Gasteiger partial charge < -0.3 is 21.5 Å². The lowest BCUT2D eigenvalue weighted by atomic mass is 10.1. The average Bonchev–Trinajstić information content (AvgIpc) is 2.45. The van der Waals surface area contributed by atoms with Crippen LogP contribution in [-0.2, 0) is 14.4 Å². The van der Waals surface area contributed by atoms with E-state index in [1.165, 1.54) is 0 Å². The lowest BCUT2D eigenvalue weighted by Gasteiger charge is -2.07. The molecule has 0 aliphatic carbocycles. The molecule has 0 saturated carbocycles. The molecule has 0 unspecified atom stereocenters. The molecule has 0 fully saturated rings. The minimum absolute atomic E-state index is 0.0258. The van der Waals surface area contributed by atoms with Crippen LogP contribution in [0.3, 0.4) is 0 Å². The highest BCUT2D eigenvalue weighted by atomic mass is 16.4. The van der Waals surface area contributed by atoms with Crippen molar-refractivity contribution >= 4 is 17.8 Å². The third-order valence-corrected chi connectivity index (χ3v) is 3.18. The van der Waals surface area contributed by atoms with Crippen LogP contribution < -0.4 is 16.4 Å². The topological polar surface area (TPSA) is 122 Å². The van der Waals surface area contributed by atoms with Gasteiger partial charge in [0, 0.05) is 25.9 Å². The zero-order valence-corrected chi connectivity index (χ0v) is 13.4. The maximum atomic E-state index is 11.5. The number of rotatable bonds is 13. The standard InChI is InChI=1S/C15H29N3O4/c1-12(16)15(22)18-11-7-2-4-8-13(19)17-10-6-3-5-9-14(20)21/h12H,2-11,16H2,1H3,(H,17,19)(H,18,22)(H,20,21)/t12-/m0/s1. The summed E-state index contributed by atoms with van der Waals surface area (Å²) in [6, 6.07) is -0.485. The second-order valence-corrected chi connectivity index (χ2v) is 5.44. The summed E-state index contributed by atoms with van der Waals surface area (Å²) < 4.78 is 0. The van der Waals surface area contributed by atoms with Gasteiger partial charge in [0.05, 0.1) is 6.04 Å². The van der Waals surface area contributed by atoms with Crippen LogP contribution in [0.25, 0.3) is 0 Å². The normalized spacial score (nSPS) is 11.7. The van der Waals surface area contributed by atoms with Gasteiger partial charge in [-0.15, -0.1) is 0 Å². The fourth-order valence-corrected chi connectivity index (χ4v) is 1.85. The second-order valence-electron chi connectivity index (χ2n) is 5.44. The maximum absolute atomic E-state index is 11.5. The first kappa shape index (κ1) is 20.4. The fourth-order valence-electron chi connectivity index (χ4n) is 1.85. The molecule has 2 amide bonds. The Morgan fingerprint density at radius 3 is 2.00 bits per heavy atom. The molecule has 7 nitrogen and oxygen atoms in total. The maximum Gasteiger partial charge on any atom is 0.303 e. The molecule has 0 aromatic heterocycles. The Balaban J connectivity index is 3.33. The second kappa shape index (κ2) is 13.1. The Labute approximate surface area is 132 Å². The van der Waals surface area contributed by atoms with Gasteiger partial charge >= 0.3 is 5.97 Å². The largest absolute Gasteiger partial charge is 0.481 e. The summed E-state index contributed by atoms with van der Waals surface area (Å²) in [7, 11) is 0. The van der Waals surface area contributed by atoms with Gasteiger partial charge in [-0.1, -0.05) is 12.8 Å². The van der Waals surface area contributed by atoms with Gasteiger partial charge in [0.25, 0.3) is 0 Å². The number of aliphatic carboxylic acids is 1. The van der Waals surface area contributed by atoms with Crippen molar-refractivity contribution < 1.29 is 19.5 Å². The predicted molar refractivity (Wildman–Crippen MR) is 84.2 cm³/mol. The highest BCUT2D eigenvalue weighted by Gasteiger charge is 2.05. The molecule has 5 N–H and O–H groups in total. The van der Waals surface area contributed by atoms with E-state index in [1.807, 2.05) is 0 Å². The number of unbranched alkanes of at least 4 members (excludes halogenated alkanes) is 4. The number of carboxylic acid groups (broad SMARTS) is 1. The summed E-state index contributed by atoms with van der Waals surface area (Å²) in [6.45, 7) is 2.83. The first-order chi connectivity index (χ1) is 10.4. The van der Waals surface area contributed by atoms with Gasteiger partial charge in [0.15, 0.2) is 0 Å². The van der Waals surface area contributed by atoms with E-state index in [0.717, 1.165) is 32.1 Å². The first-order valence-corrected chi connectivity index (χ1v) is 7.95. The van der Waals surface area contributed by atoms with E-state index >= 15 is 0 Å². The Hall–Kier alpha value is -1.63. The van der Waals surface area contributed by atoms with Crippen LogP contribution in [0.2, 0.25) is 0 Å². The van der Waals surface area contributed by atoms with Gasteiger partial charge in [0.1, 0.15) is 0 Å². The Morgan fingerprint density at radius 1 is 0.909 bits per heavy atom. The molecule has 0 heterocycles. The van der Waals surface area contributed by atoms with E-state index in [9.17, 15) is 14.4 Å². The van der Waals surface area contributed by atoms with Gasteiger partial charge in [-0.05, 0) is 32.6 Å². The van der Waals surface area contributed by atoms with E-state index in [1.54, 1.807) is 6.92 Å². The number of hydrogen-bond acceptors (Lipinski definition) is 4. The molecule has 0 radical (unpaired) electrons. The number of carbonyl (C=O) groups excluding carboxylic acids is 2. The third-order valence-electron chi connectivity index (χ3n) is 3.18. The molecule has 22 heavy (non-hydrogen) atoms. The van der Waals surface area contributed by atoms with Gasteiger partial charge in [0.2, 0.25) is 11.8 Å². The smallest absolute Gasteiger partial charge is 0.303 e. The van der Waals surface area contributed by atoms with Crippen LogP contribution in [0, 0.1) is 0 Å². The van der Waals surface area contributed by atoms with Gasteiger partial charge in [-0.3, -0.25) is 14.4 Å². The summed E-state index contributed by atoms with van der Waals surface area (Å²) in [4.78, 5) is 33.0. The summed E-state index contributed by atoms with van der Waals surface area (Å²) in [5.41, 5.74) is 5.41. The molecule has 0 rings (SSSR count). The SMILES string of the molecule is C[C@H](N)C(=O)NCCCCCC(=O)NCCCCCC(=O)O.